The highest BCUT2D eigenvalue weighted by molar-refractivity contribution is 7.92. The number of nitrogens with one attached hydrogen (secondary N) is 2. The fourth-order valence-electron chi connectivity index (χ4n) is 3.75. The van der Waals surface area contributed by atoms with Crippen molar-refractivity contribution in [2.75, 3.05) is 16.6 Å². The Bertz CT molecular complexity index is 1120. The molecule has 2 aromatic carbocycles. The molecule has 1 saturated carbocycles. The maximum atomic E-state index is 12.9. The van der Waals surface area contributed by atoms with Gasteiger partial charge in [-0.05, 0) is 49.9 Å². The zero-order chi connectivity index (χ0) is 24.9. The van der Waals surface area contributed by atoms with Crippen molar-refractivity contribution in [3.05, 3.63) is 42.5 Å². The number of ether oxygens (including phenoxy) is 2. The quantitative estimate of drug-likeness (QED) is 0.472. The summed E-state index contributed by atoms with van der Waals surface area (Å²) in [6.45, 7) is 1.75. The maximum Gasteiger partial charge on any atom is 0.573 e. The van der Waals surface area contributed by atoms with E-state index in [1.807, 2.05) is 0 Å². The predicted octanol–water partition coefficient (Wildman–Crippen LogP) is 4.27. The van der Waals surface area contributed by atoms with Crippen molar-refractivity contribution in [1.82, 2.24) is 0 Å². The van der Waals surface area contributed by atoms with Crippen molar-refractivity contribution in [3.8, 4) is 11.5 Å². The van der Waals surface area contributed by atoms with E-state index in [0.29, 0.717) is 0 Å². The summed E-state index contributed by atoms with van der Waals surface area (Å²) in [5, 5.41) is 12.8. The van der Waals surface area contributed by atoms with Crippen LogP contribution in [0.4, 0.5) is 24.5 Å². The normalized spacial score (nSPS) is 15.6. The van der Waals surface area contributed by atoms with E-state index in [1.165, 1.54) is 30.3 Å². The van der Waals surface area contributed by atoms with Crippen molar-refractivity contribution in [2.45, 2.75) is 50.0 Å². The number of aliphatic hydroxyl groups excluding tert-OH is 1. The summed E-state index contributed by atoms with van der Waals surface area (Å²) < 4.78 is 74.7. The number of hydrogen-bond acceptors (Lipinski definition) is 6. The lowest BCUT2D eigenvalue weighted by atomic mass is 10.0. The fraction of sp³-hybridized carbons (Fsp3) is 0.409. The average molecular weight is 503 g/mol. The van der Waals surface area contributed by atoms with E-state index in [0.717, 1.165) is 37.8 Å². The van der Waals surface area contributed by atoms with E-state index in [4.69, 9.17) is 4.74 Å². The Labute approximate surface area is 195 Å². The summed E-state index contributed by atoms with van der Waals surface area (Å²) in [6.07, 6.45) is -2.67. The molecule has 0 aromatic heterocycles. The van der Waals surface area contributed by atoms with Crippen molar-refractivity contribution < 1.29 is 41.0 Å². The van der Waals surface area contributed by atoms with Crippen molar-refractivity contribution in [2.24, 2.45) is 5.92 Å². The number of carbonyl (C=O) groups is 1. The van der Waals surface area contributed by atoms with E-state index >= 15 is 0 Å². The molecule has 1 amide bonds. The number of aliphatic hydroxyl groups is 1. The Morgan fingerprint density at radius 2 is 1.85 bits per heavy atom. The van der Waals surface area contributed by atoms with Crippen molar-refractivity contribution in [3.63, 3.8) is 0 Å². The Balaban J connectivity index is 1.80. The van der Waals surface area contributed by atoms with Gasteiger partial charge in [0.05, 0.1) is 12.3 Å². The van der Waals surface area contributed by atoms with E-state index in [2.05, 4.69) is 14.8 Å². The highest BCUT2D eigenvalue weighted by Crippen LogP contribution is 2.32. The number of sulfonamides is 1. The minimum Gasteiger partial charge on any atom is -0.492 e. The zero-order valence-corrected chi connectivity index (χ0v) is 19.1. The van der Waals surface area contributed by atoms with E-state index in [9.17, 15) is 31.5 Å². The van der Waals surface area contributed by atoms with Crippen LogP contribution < -0.4 is 19.5 Å². The van der Waals surface area contributed by atoms with E-state index in [1.54, 1.807) is 6.92 Å². The zero-order valence-electron chi connectivity index (χ0n) is 18.3. The number of hydrogen-bond donors (Lipinski definition) is 3. The summed E-state index contributed by atoms with van der Waals surface area (Å²) in [5.74, 6) is -1.38. The molecule has 34 heavy (non-hydrogen) atoms. The van der Waals surface area contributed by atoms with Crippen LogP contribution in [0.1, 0.15) is 32.6 Å². The third kappa shape index (κ3) is 6.76. The van der Waals surface area contributed by atoms with Gasteiger partial charge in [0.25, 0.3) is 15.9 Å². The summed E-state index contributed by atoms with van der Waals surface area (Å²) >= 11 is 0. The highest BCUT2D eigenvalue weighted by atomic mass is 32.2. The number of alkyl halides is 3. The second-order valence-electron chi connectivity index (χ2n) is 7.75. The van der Waals surface area contributed by atoms with Crippen LogP contribution in [0.25, 0.3) is 0 Å². The Morgan fingerprint density at radius 1 is 1.15 bits per heavy atom. The Kier molecular flexibility index (Phi) is 7.93. The molecule has 0 radical (unpaired) electrons. The van der Waals surface area contributed by atoms with Gasteiger partial charge in [0.15, 0.2) is 0 Å². The molecule has 1 unspecified atom stereocenters. The smallest absolute Gasteiger partial charge is 0.492 e. The number of halogens is 3. The van der Waals surface area contributed by atoms with Crippen molar-refractivity contribution >= 4 is 27.3 Å². The molecule has 3 N–H and O–H groups in total. The molecule has 0 aliphatic heterocycles. The highest BCUT2D eigenvalue weighted by Gasteiger charge is 2.31. The van der Waals surface area contributed by atoms with Gasteiger partial charge in [-0.3, -0.25) is 9.52 Å². The second-order valence-corrected chi connectivity index (χ2v) is 9.41. The first-order valence-corrected chi connectivity index (χ1v) is 12.1. The van der Waals surface area contributed by atoms with Gasteiger partial charge in [0.1, 0.15) is 22.5 Å². The molecular weight excluding hydrogens is 477 g/mol. The fourth-order valence-corrected chi connectivity index (χ4v) is 4.92. The maximum absolute atomic E-state index is 12.9. The predicted molar refractivity (Wildman–Crippen MR) is 118 cm³/mol. The SMILES string of the molecule is CCOc1cc(NC(=O)C(O)C2CCCC2)ccc1S(=O)(=O)Nc1cccc(OC(F)(F)F)c1. The summed E-state index contributed by atoms with van der Waals surface area (Å²) in [6, 6.07) is 8.23. The summed E-state index contributed by atoms with van der Waals surface area (Å²) in [4.78, 5) is 12.1. The van der Waals surface area contributed by atoms with Crippen LogP contribution in [-0.4, -0.2) is 38.5 Å². The molecule has 12 heteroatoms. The van der Waals surface area contributed by atoms with Gasteiger partial charge in [0.2, 0.25) is 0 Å². The molecule has 1 aliphatic carbocycles. The standard InChI is InChI=1S/C22H25F3N2O6S/c1-2-32-18-13-15(26-21(29)20(28)14-6-3-4-7-14)10-11-19(18)34(30,31)27-16-8-5-9-17(12-16)33-22(23,24)25/h5,8-14,20,27-28H,2-4,6-7H2,1H3,(H,26,29). The van der Waals surface area contributed by atoms with Gasteiger partial charge in [0, 0.05) is 17.8 Å². The van der Waals surface area contributed by atoms with E-state index < -0.39 is 34.1 Å². The van der Waals surface area contributed by atoms with Crippen LogP contribution in [0.3, 0.4) is 0 Å². The number of benzene rings is 2. The first kappa shape index (κ1) is 25.6. The summed E-state index contributed by atoms with van der Waals surface area (Å²) in [5.41, 5.74) is 0.0753. The minimum absolute atomic E-state index is 0.0779. The van der Waals surface area contributed by atoms with Crippen LogP contribution in [0, 0.1) is 5.92 Å². The number of carbonyl (C=O) groups excluding carboxylic acids is 1. The van der Waals surface area contributed by atoms with Gasteiger partial charge < -0.3 is 19.9 Å². The molecule has 186 valence electrons. The molecule has 0 heterocycles. The number of anilines is 2. The monoisotopic (exact) mass is 502 g/mol. The number of rotatable bonds is 9. The Morgan fingerprint density at radius 3 is 2.50 bits per heavy atom. The molecular formula is C22H25F3N2O6S. The molecule has 3 rings (SSSR count). The van der Waals surface area contributed by atoms with Gasteiger partial charge in [-0.15, -0.1) is 13.2 Å². The Hall–Kier alpha value is -2.99. The molecule has 1 aliphatic rings. The van der Waals surface area contributed by atoms with E-state index in [-0.39, 0.29) is 34.5 Å². The molecule has 1 atom stereocenters. The molecule has 1 fully saturated rings. The molecule has 8 nitrogen and oxygen atoms in total. The van der Waals surface area contributed by atoms with Crippen molar-refractivity contribution in [1.29, 1.82) is 0 Å². The van der Waals surface area contributed by atoms with Gasteiger partial charge in [-0.2, -0.15) is 0 Å². The third-order valence-corrected chi connectivity index (χ3v) is 6.66. The number of amides is 1. The van der Waals surface area contributed by atoms with Crippen LogP contribution in [0.5, 0.6) is 11.5 Å². The van der Waals surface area contributed by atoms with Crippen LogP contribution >= 0.6 is 0 Å². The third-order valence-electron chi connectivity index (χ3n) is 5.24. The molecule has 0 saturated heterocycles. The lowest BCUT2D eigenvalue weighted by Gasteiger charge is -2.18. The second kappa shape index (κ2) is 10.5. The van der Waals surface area contributed by atoms with Crippen LogP contribution in [0.2, 0.25) is 0 Å². The first-order chi connectivity index (χ1) is 16.0. The van der Waals surface area contributed by atoms with Gasteiger partial charge >= 0.3 is 6.36 Å². The molecule has 0 spiro atoms. The average Bonchev–Trinajstić information content (AvgIpc) is 3.27. The molecule has 2 aromatic rings. The lowest BCUT2D eigenvalue weighted by Crippen LogP contribution is -2.33. The topological polar surface area (TPSA) is 114 Å². The minimum atomic E-state index is -4.93. The molecule has 0 bridgehead atoms. The lowest BCUT2D eigenvalue weighted by molar-refractivity contribution is -0.274. The van der Waals surface area contributed by atoms with Crippen LogP contribution in [0.15, 0.2) is 47.4 Å². The van der Waals surface area contributed by atoms with Gasteiger partial charge in [-0.25, -0.2) is 8.42 Å². The van der Waals surface area contributed by atoms with Crippen LogP contribution in [-0.2, 0) is 14.8 Å². The summed E-state index contributed by atoms with van der Waals surface area (Å²) in [7, 11) is -4.28. The largest absolute Gasteiger partial charge is 0.573 e. The first-order valence-electron chi connectivity index (χ1n) is 10.6. The van der Waals surface area contributed by atoms with Gasteiger partial charge in [-0.1, -0.05) is 18.9 Å².